The molecule has 1 N–H and O–H groups in total. The molecule has 1 aromatic carbocycles. The summed E-state index contributed by atoms with van der Waals surface area (Å²) in [6.07, 6.45) is 2.89. The molecule has 0 aliphatic heterocycles. The van der Waals surface area contributed by atoms with Gasteiger partial charge in [-0.3, -0.25) is 4.79 Å². The van der Waals surface area contributed by atoms with Crippen LogP contribution in [-0.4, -0.2) is 41.0 Å². The van der Waals surface area contributed by atoms with Crippen LogP contribution in [0.1, 0.15) is 23.7 Å². The van der Waals surface area contributed by atoms with E-state index < -0.39 is 5.82 Å². The van der Waals surface area contributed by atoms with Crippen molar-refractivity contribution in [3.05, 3.63) is 29.6 Å². The maximum Gasteiger partial charge on any atom is 0.257 e. The van der Waals surface area contributed by atoms with Gasteiger partial charge in [-0.05, 0) is 37.5 Å². The van der Waals surface area contributed by atoms with Gasteiger partial charge < -0.3 is 10.0 Å². The molecule has 1 atom stereocenters. The topological polar surface area (TPSA) is 40.5 Å². The lowest BCUT2D eigenvalue weighted by Crippen LogP contribution is -2.35. The SMILES string of the molecule is CSCCC(C)N(C)C(=O)c1ccc(F)cc1O. The molecular formula is C13H18FNO2S. The number of carbonyl (C=O) groups is 1. The van der Waals surface area contributed by atoms with E-state index in [0.29, 0.717) is 0 Å². The van der Waals surface area contributed by atoms with Crippen LogP contribution in [0.2, 0.25) is 0 Å². The smallest absolute Gasteiger partial charge is 0.257 e. The van der Waals surface area contributed by atoms with E-state index in [1.807, 2.05) is 13.2 Å². The average molecular weight is 271 g/mol. The van der Waals surface area contributed by atoms with Crippen molar-refractivity contribution in [1.82, 2.24) is 4.90 Å². The number of rotatable bonds is 5. The molecule has 100 valence electrons. The first-order valence-corrected chi connectivity index (χ1v) is 7.11. The summed E-state index contributed by atoms with van der Waals surface area (Å²) in [5.74, 6) is -0.194. The number of halogens is 1. The van der Waals surface area contributed by atoms with Gasteiger partial charge in [0.1, 0.15) is 11.6 Å². The summed E-state index contributed by atoms with van der Waals surface area (Å²) in [5.41, 5.74) is 0.134. The molecule has 0 radical (unpaired) electrons. The fourth-order valence-electron chi connectivity index (χ4n) is 1.56. The van der Waals surface area contributed by atoms with Crippen molar-refractivity contribution in [2.45, 2.75) is 19.4 Å². The van der Waals surface area contributed by atoms with Crippen LogP contribution in [0.15, 0.2) is 18.2 Å². The van der Waals surface area contributed by atoms with Crippen LogP contribution >= 0.6 is 11.8 Å². The predicted octanol–water partition coefficient (Wildman–Crippen LogP) is 2.74. The molecule has 3 nitrogen and oxygen atoms in total. The number of thioether (sulfide) groups is 1. The van der Waals surface area contributed by atoms with Crippen molar-refractivity contribution in [3.8, 4) is 5.75 Å². The van der Waals surface area contributed by atoms with Crippen molar-refractivity contribution >= 4 is 17.7 Å². The fraction of sp³-hybridized carbons (Fsp3) is 0.462. The quantitative estimate of drug-likeness (QED) is 0.895. The fourth-order valence-corrected chi connectivity index (χ4v) is 2.13. The molecule has 5 heteroatoms. The Kier molecular flexibility index (Phi) is 5.47. The van der Waals surface area contributed by atoms with E-state index in [0.717, 1.165) is 18.2 Å². The van der Waals surface area contributed by atoms with Gasteiger partial charge in [-0.25, -0.2) is 4.39 Å². The summed E-state index contributed by atoms with van der Waals surface area (Å²) >= 11 is 1.72. The molecule has 1 rings (SSSR count). The summed E-state index contributed by atoms with van der Waals surface area (Å²) in [7, 11) is 1.69. The number of nitrogens with zero attached hydrogens (tertiary/aromatic N) is 1. The Morgan fingerprint density at radius 2 is 2.22 bits per heavy atom. The number of aromatic hydroxyl groups is 1. The van der Waals surface area contributed by atoms with E-state index in [1.165, 1.54) is 12.1 Å². The number of amides is 1. The maximum atomic E-state index is 12.8. The molecule has 1 unspecified atom stereocenters. The first kappa shape index (κ1) is 14.8. The number of hydrogen-bond acceptors (Lipinski definition) is 3. The van der Waals surface area contributed by atoms with Crippen molar-refractivity contribution < 1.29 is 14.3 Å². The Morgan fingerprint density at radius 1 is 1.56 bits per heavy atom. The van der Waals surface area contributed by atoms with Crippen LogP contribution in [-0.2, 0) is 0 Å². The van der Waals surface area contributed by atoms with Crippen LogP contribution in [0.5, 0.6) is 5.75 Å². The van der Waals surface area contributed by atoms with Crippen molar-refractivity contribution in [2.24, 2.45) is 0 Å². The lowest BCUT2D eigenvalue weighted by molar-refractivity contribution is 0.0738. The van der Waals surface area contributed by atoms with Crippen LogP contribution in [0.4, 0.5) is 4.39 Å². The molecule has 0 spiro atoms. The molecule has 0 bridgehead atoms. The van der Waals surface area contributed by atoms with E-state index >= 15 is 0 Å². The second-order valence-corrected chi connectivity index (χ2v) is 5.19. The molecular weight excluding hydrogens is 253 g/mol. The van der Waals surface area contributed by atoms with Gasteiger partial charge in [0.05, 0.1) is 5.56 Å². The van der Waals surface area contributed by atoms with E-state index in [4.69, 9.17) is 0 Å². The van der Waals surface area contributed by atoms with E-state index in [-0.39, 0.29) is 23.3 Å². The molecule has 0 aliphatic carbocycles. The Morgan fingerprint density at radius 3 is 2.78 bits per heavy atom. The minimum absolute atomic E-state index is 0.0782. The predicted molar refractivity (Wildman–Crippen MR) is 72.6 cm³/mol. The Balaban J connectivity index is 2.79. The van der Waals surface area contributed by atoms with Crippen LogP contribution < -0.4 is 0 Å². The van der Waals surface area contributed by atoms with E-state index in [9.17, 15) is 14.3 Å². The lowest BCUT2D eigenvalue weighted by atomic mass is 10.1. The number of phenols is 1. The molecule has 0 aromatic heterocycles. The van der Waals surface area contributed by atoms with Gasteiger partial charge in [-0.15, -0.1) is 0 Å². The van der Waals surface area contributed by atoms with E-state index in [1.54, 1.807) is 23.7 Å². The van der Waals surface area contributed by atoms with Crippen molar-refractivity contribution in [3.63, 3.8) is 0 Å². The molecule has 0 aliphatic rings. The zero-order valence-electron chi connectivity index (χ0n) is 10.8. The third-order valence-electron chi connectivity index (χ3n) is 2.91. The van der Waals surface area contributed by atoms with Crippen LogP contribution in [0.25, 0.3) is 0 Å². The highest BCUT2D eigenvalue weighted by Crippen LogP contribution is 2.21. The average Bonchev–Trinajstić information content (AvgIpc) is 2.34. The maximum absolute atomic E-state index is 12.8. The first-order valence-electron chi connectivity index (χ1n) is 5.72. The standard InChI is InChI=1S/C13H18FNO2S/c1-9(6-7-18-3)15(2)13(17)11-5-4-10(14)8-12(11)16/h4-5,8-9,16H,6-7H2,1-3H3. The number of phenolic OH excluding ortho intramolecular Hbond substituents is 1. The monoisotopic (exact) mass is 271 g/mol. The highest BCUT2D eigenvalue weighted by Gasteiger charge is 2.20. The van der Waals surface area contributed by atoms with Gasteiger partial charge in [0.2, 0.25) is 0 Å². The third kappa shape index (κ3) is 3.63. The minimum atomic E-state index is -0.554. The number of benzene rings is 1. The zero-order valence-corrected chi connectivity index (χ0v) is 11.6. The lowest BCUT2D eigenvalue weighted by Gasteiger charge is -2.25. The Hall–Kier alpha value is -1.23. The molecule has 0 heterocycles. The van der Waals surface area contributed by atoms with E-state index in [2.05, 4.69) is 0 Å². The summed E-state index contributed by atoms with van der Waals surface area (Å²) in [5, 5.41) is 9.58. The van der Waals surface area contributed by atoms with Gasteiger partial charge in [0, 0.05) is 19.2 Å². The molecule has 0 fully saturated rings. The Bertz CT molecular complexity index is 425. The van der Waals surface area contributed by atoms with Crippen LogP contribution in [0, 0.1) is 5.82 Å². The summed E-state index contributed by atoms with van der Waals surface area (Å²) in [6, 6.07) is 3.51. The molecule has 1 aromatic rings. The van der Waals surface area contributed by atoms with Crippen molar-refractivity contribution in [1.29, 1.82) is 0 Å². The summed E-state index contributed by atoms with van der Waals surface area (Å²) in [6.45, 7) is 1.95. The van der Waals surface area contributed by atoms with Gasteiger partial charge in [0.25, 0.3) is 5.91 Å². The highest BCUT2D eigenvalue weighted by molar-refractivity contribution is 7.98. The number of hydrogen-bond donors (Lipinski definition) is 1. The van der Waals surface area contributed by atoms with Gasteiger partial charge in [-0.1, -0.05) is 0 Å². The van der Waals surface area contributed by atoms with Gasteiger partial charge in [-0.2, -0.15) is 11.8 Å². The number of carbonyl (C=O) groups excluding carboxylic acids is 1. The summed E-state index contributed by atoms with van der Waals surface area (Å²) < 4.78 is 12.8. The van der Waals surface area contributed by atoms with Crippen LogP contribution in [0.3, 0.4) is 0 Å². The van der Waals surface area contributed by atoms with Gasteiger partial charge >= 0.3 is 0 Å². The first-order chi connectivity index (χ1) is 8.47. The summed E-state index contributed by atoms with van der Waals surface area (Å²) in [4.78, 5) is 13.7. The highest BCUT2D eigenvalue weighted by atomic mass is 32.2. The second kappa shape index (κ2) is 6.64. The Labute approximate surface area is 111 Å². The molecule has 18 heavy (non-hydrogen) atoms. The largest absolute Gasteiger partial charge is 0.507 e. The molecule has 1 amide bonds. The normalized spacial score (nSPS) is 12.2. The molecule has 0 saturated carbocycles. The van der Waals surface area contributed by atoms with Crippen molar-refractivity contribution in [2.75, 3.05) is 19.1 Å². The molecule has 0 saturated heterocycles. The third-order valence-corrected chi connectivity index (χ3v) is 3.56. The second-order valence-electron chi connectivity index (χ2n) is 4.21. The minimum Gasteiger partial charge on any atom is -0.507 e. The van der Waals surface area contributed by atoms with Gasteiger partial charge in [0.15, 0.2) is 0 Å². The zero-order chi connectivity index (χ0) is 13.7.